The molecule has 2 unspecified atom stereocenters. The molecule has 2 heterocycles. The van der Waals surface area contributed by atoms with Crippen LogP contribution in [0.2, 0.25) is 0 Å². The van der Waals surface area contributed by atoms with Gasteiger partial charge in [-0.2, -0.15) is 0 Å². The predicted octanol–water partition coefficient (Wildman–Crippen LogP) is 1.95. The molecule has 3 atom stereocenters. The minimum atomic E-state index is -3.79. The zero-order valence-electron chi connectivity index (χ0n) is 18.3. The first-order valence-corrected chi connectivity index (χ1v) is 12.6. The highest BCUT2D eigenvalue weighted by Gasteiger charge is 2.37. The summed E-state index contributed by atoms with van der Waals surface area (Å²) in [7, 11) is -1.03. The van der Waals surface area contributed by atoms with Crippen molar-refractivity contribution < 1.29 is 18.3 Å². The summed E-state index contributed by atoms with van der Waals surface area (Å²) < 4.78 is 31.3. The molecule has 0 radical (unpaired) electrons. The van der Waals surface area contributed by atoms with Crippen molar-refractivity contribution in [1.82, 2.24) is 4.31 Å². The second-order valence-electron chi connectivity index (χ2n) is 8.26. The molecule has 0 spiro atoms. The molecule has 0 bridgehead atoms. The Morgan fingerprint density at radius 3 is 2.45 bits per heavy atom. The van der Waals surface area contributed by atoms with Gasteiger partial charge in [-0.3, -0.25) is 9.59 Å². The summed E-state index contributed by atoms with van der Waals surface area (Å²) in [4.78, 5) is 24.4. The molecule has 31 heavy (non-hydrogen) atoms. The van der Waals surface area contributed by atoms with Gasteiger partial charge in [-0.1, -0.05) is 20.8 Å². The van der Waals surface area contributed by atoms with Gasteiger partial charge in [-0.25, -0.2) is 12.7 Å². The molecular formula is C20H29N3O6S2. The largest absolute Gasteiger partial charge is 0.508 e. The molecule has 172 valence electrons. The molecule has 0 amide bonds. The Kier molecular flexibility index (Phi) is 6.78. The third kappa shape index (κ3) is 4.35. The summed E-state index contributed by atoms with van der Waals surface area (Å²) in [5.74, 6) is 0.236. The van der Waals surface area contributed by atoms with Crippen LogP contribution in [0.4, 0.5) is 11.4 Å². The number of aliphatic hydroxyl groups is 1. The molecule has 11 heteroatoms. The fourth-order valence-corrected chi connectivity index (χ4v) is 6.37. The summed E-state index contributed by atoms with van der Waals surface area (Å²) in [6.07, 6.45) is 3.05. The van der Waals surface area contributed by atoms with Crippen LogP contribution in [0.5, 0.6) is 0 Å². The van der Waals surface area contributed by atoms with Crippen molar-refractivity contribution in [3.8, 4) is 0 Å². The van der Waals surface area contributed by atoms with Crippen molar-refractivity contribution >= 4 is 33.2 Å². The molecule has 1 aromatic rings. The maximum absolute atomic E-state index is 12.3. The lowest BCUT2D eigenvalue weighted by molar-refractivity contribution is 0.147. The molecular weight excluding hydrogens is 442 g/mol. The average Bonchev–Trinajstić information content (AvgIpc) is 3.34. The Bertz CT molecular complexity index is 1080. The third-order valence-corrected chi connectivity index (χ3v) is 9.25. The van der Waals surface area contributed by atoms with Gasteiger partial charge in [-0.15, -0.1) is 11.8 Å². The molecule has 2 aliphatic heterocycles. The molecule has 9 nitrogen and oxygen atoms in total. The fraction of sp³-hybridized carbons (Fsp3) is 0.600. The zero-order chi connectivity index (χ0) is 23.1. The van der Waals surface area contributed by atoms with Gasteiger partial charge in [0.1, 0.15) is 23.2 Å². The SMILES string of the molecule is CC[C@@H](Nc1c(NC2CSC(S(=O)(=O)N(C)C)=C2O)c(=O)c1=O)C1CC(C(C)C)=CO1. The normalized spacial score (nSPS) is 22.9. The van der Waals surface area contributed by atoms with E-state index in [1.165, 1.54) is 19.7 Å². The molecule has 1 aromatic carbocycles. The lowest BCUT2D eigenvalue weighted by Gasteiger charge is -2.27. The van der Waals surface area contributed by atoms with Gasteiger partial charge in [0.15, 0.2) is 4.24 Å². The van der Waals surface area contributed by atoms with E-state index in [1.54, 1.807) is 6.26 Å². The van der Waals surface area contributed by atoms with Gasteiger partial charge < -0.3 is 20.5 Å². The number of nitrogens with one attached hydrogen (secondary N) is 2. The van der Waals surface area contributed by atoms with Gasteiger partial charge in [0.2, 0.25) is 0 Å². The lowest BCUT2D eigenvalue weighted by Crippen LogP contribution is -2.44. The Labute approximate surface area is 186 Å². The number of anilines is 2. The molecule has 0 saturated carbocycles. The topological polar surface area (TPSA) is 125 Å². The highest BCUT2D eigenvalue weighted by molar-refractivity contribution is 8.18. The summed E-state index contributed by atoms with van der Waals surface area (Å²) in [6, 6.07) is -0.960. The van der Waals surface area contributed by atoms with Gasteiger partial charge in [-0.05, 0) is 17.9 Å². The molecule has 3 rings (SSSR count). The minimum absolute atomic E-state index is 0.0686. The van der Waals surface area contributed by atoms with Crippen LogP contribution in [-0.4, -0.2) is 55.9 Å². The molecule has 2 aliphatic rings. The molecule has 0 aromatic heterocycles. The zero-order valence-corrected chi connectivity index (χ0v) is 19.9. The number of hydrogen-bond donors (Lipinski definition) is 3. The van der Waals surface area contributed by atoms with E-state index in [4.69, 9.17) is 4.74 Å². The number of nitrogens with zero attached hydrogens (tertiary/aromatic N) is 1. The Morgan fingerprint density at radius 2 is 1.90 bits per heavy atom. The second-order valence-corrected chi connectivity index (χ2v) is 11.6. The van der Waals surface area contributed by atoms with Crippen LogP contribution in [0.25, 0.3) is 0 Å². The van der Waals surface area contributed by atoms with Crippen molar-refractivity contribution in [2.24, 2.45) is 5.92 Å². The Morgan fingerprint density at radius 1 is 1.26 bits per heavy atom. The first-order chi connectivity index (χ1) is 14.5. The number of hydrogen-bond acceptors (Lipinski definition) is 9. The monoisotopic (exact) mass is 471 g/mol. The van der Waals surface area contributed by atoms with E-state index in [1.807, 2.05) is 6.92 Å². The van der Waals surface area contributed by atoms with Gasteiger partial charge >= 0.3 is 0 Å². The summed E-state index contributed by atoms with van der Waals surface area (Å²) in [5, 5.41) is 16.5. The van der Waals surface area contributed by atoms with E-state index in [0.717, 1.165) is 22.5 Å². The Balaban J connectivity index is 1.76. The number of aliphatic hydroxyl groups excluding tert-OH is 1. The first kappa shape index (κ1) is 23.7. The van der Waals surface area contributed by atoms with E-state index in [-0.39, 0.29) is 39.3 Å². The summed E-state index contributed by atoms with van der Waals surface area (Å²) >= 11 is 0.987. The Hall–Kier alpha value is -1.98. The fourth-order valence-electron chi connectivity index (χ4n) is 3.53. The number of rotatable bonds is 9. The standard InChI is InChI=1S/C20H29N3O6S2/c1-6-12(14-7-11(8-29-14)10(2)3)21-15-16(19(26)18(15)25)22-13-9-30-20(17(13)24)31(27,28)23(4)5/h8,10,12-14,21-22,24H,6-7,9H2,1-5H3/t12-,13?,14?/m1/s1. The molecule has 0 aliphatic carbocycles. The minimum Gasteiger partial charge on any atom is -0.508 e. The molecule has 0 saturated heterocycles. The first-order valence-electron chi connectivity index (χ1n) is 10.2. The van der Waals surface area contributed by atoms with Crippen LogP contribution in [0, 0.1) is 5.92 Å². The van der Waals surface area contributed by atoms with Crippen LogP contribution in [0.1, 0.15) is 33.6 Å². The number of ether oxygens (including phenoxy) is 1. The van der Waals surface area contributed by atoms with E-state index in [9.17, 15) is 23.1 Å². The van der Waals surface area contributed by atoms with Crippen molar-refractivity contribution in [2.75, 3.05) is 30.5 Å². The van der Waals surface area contributed by atoms with E-state index in [0.29, 0.717) is 12.3 Å². The van der Waals surface area contributed by atoms with E-state index in [2.05, 4.69) is 24.5 Å². The van der Waals surface area contributed by atoms with Gasteiger partial charge in [0.25, 0.3) is 20.9 Å². The van der Waals surface area contributed by atoms with Crippen LogP contribution < -0.4 is 21.5 Å². The van der Waals surface area contributed by atoms with Crippen molar-refractivity contribution in [1.29, 1.82) is 0 Å². The van der Waals surface area contributed by atoms with Crippen molar-refractivity contribution in [2.45, 2.75) is 51.8 Å². The predicted molar refractivity (Wildman–Crippen MR) is 124 cm³/mol. The maximum atomic E-state index is 12.3. The lowest BCUT2D eigenvalue weighted by atomic mass is 9.95. The molecule has 3 N–H and O–H groups in total. The third-order valence-electron chi connectivity index (χ3n) is 5.66. The second kappa shape index (κ2) is 8.87. The number of thioether (sulfide) groups is 1. The highest BCUT2D eigenvalue weighted by atomic mass is 32.3. The van der Waals surface area contributed by atoms with Gasteiger partial charge in [0.05, 0.1) is 18.3 Å². The van der Waals surface area contributed by atoms with Crippen LogP contribution in [-0.2, 0) is 14.8 Å². The van der Waals surface area contributed by atoms with E-state index < -0.39 is 26.9 Å². The van der Waals surface area contributed by atoms with Crippen molar-refractivity contribution in [3.05, 3.63) is 42.3 Å². The highest BCUT2D eigenvalue weighted by Crippen LogP contribution is 2.37. The smallest absolute Gasteiger partial charge is 0.253 e. The molecule has 0 fully saturated rings. The number of sulfonamides is 1. The maximum Gasteiger partial charge on any atom is 0.253 e. The summed E-state index contributed by atoms with van der Waals surface area (Å²) in [6.45, 7) is 6.15. The average molecular weight is 472 g/mol. The van der Waals surface area contributed by atoms with Crippen molar-refractivity contribution in [3.63, 3.8) is 0 Å². The van der Waals surface area contributed by atoms with Gasteiger partial charge in [0, 0.05) is 26.3 Å². The van der Waals surface area contributed by atoms with Crippen LogP contribution >= 0.6 is 11.8 Å². The van der Waals surface area contributed by atoms with Crippen LogP contribution in [0.15, 0.2) is 31.4 Å². The summed E-state index contributed by atoms with van der Waals surface area (Å²) in [5.41, 5.74) is 0.0965. The van der Waals surface area contributed by atoms with E-state index >= 15 is 0 Å². The van der Waals surface area contributed by atoms with Crippen LogP contribution in [0.3, 0.4) is 0 Å². The quantitative estimate of drug-likeness (QED) is 0.463.